The molecular formula is C13H22N4. The molecule has 2 rings (SSSR count). The molecule has 2 heterocycles. The predicted octanol–water partition coefficient (Wildman–Crippen LogP) is 1.34. The summed E-state index contributed by atoms with van der Waals surface area (Å²) in [6.45, 7) is 7.15. The Hall–Kier alpha value is -1.00. The maximum absolute atomic E-state index is 6.16. The van der Waals surface area contributed by atoms with Crippen molar-refractivity contribution in [1.29, 1.82) is 0 Å². The number of rotatable bonds is 4. The lowest BCUT2D eigenvalue weighted by Crippen LogP contribution is -2.29. The molecule has 1 aromatic rings. The van der Waals surface area contributed by atoms with E-state index in [1.54, 1.807) is 0 Å². The Morgan fingerprint density at radius 2 is 2.18 bits per heavy atom. The first-order chi connectivity index (χ1) is 8.19. The zero-order chi connectivity index (χ0) is 12.3. The van der Waals surface area contributed by atoms with Gasteiger partial charge in [0.2, 0.25) is 0 Å². The normalized spacial score (nSPS) is 25.4. The molecule has 2 atom stereocenters. The first kappa shape index (κ1) is 12.5. The molecule has 0 saturated carbocycles. The van der Waals surface area contributed by atoms with Crippen LogP contribution in [-0.4, -0.2) is 34.0 Å². The van der Waals surface area contributed by atoms with Crippen molar-refractivity contribution in [3.63, 3.8) is 0 Å². The van der Waals surface area contributed by atoms with Crippen molar-refractivity contribution >= 4 is 0 Å². The molecule has 4 heteroatoms. The Morgan fingerprint density at radius 3 is 2.82 bits per heavy atom. The number of nitrogens with two attached hydrogens (primary N) is 1. The summed E-state index contributed by atoms with van der Waals surface area (Å²) in [4.78, 5) is 11.1. The third-order valence-electron chi connectivity index (χ3n) is 3.45. The average Bonchev–Trinajstić information content (AvgIpc) is 2.63. The second-order valence-corrected chi connectivity index (χ2v) is 5.06. The lowest BCUT2D eigenvalue weighted by atomic mass is 9.99. The molecule has 0 bridgehead atoms. The van der Waals surface area contributed by atoms with Crippen molar-refractivity contribution < 1.29 is 0 Å². The van der Waals surface area contributed by atoms with Crippen LogP contribution in [0.3, 0.4) is 0 Å². The number of hydrogen-bond donors (Lipinski definition) is 1. The van der Waals surface area contributed by atoms with Gasteiger partial charge in [-0.25, -0.2) is 0 Å². The maximum atomic E-state index is 6.16. The summed E-state index contributed by atoms with van der Waals surface area (Å²) in [7, 11) is 0. The van der Waals surface area contributed by atoms with Gasteiger partial charge >= 0.3 is 0 Å². The van der Waals surface area contributed by atoms with Crippen LogP contribution >= 0.6 is 0 Å². The first-order valence-corrected chi connectivity index (χ1v) is 6.44. The van der Waals surface area contributed by atoms with Gasteiger partial charge < -0.3 is 5.73 Å². The highest BCUT2D eigenvalue weighted by molar-refractivity contribution is 5.01. The summed E-state index contributed by atoms with van der Waals surface area (Å²) in [6, 6.07) is 0.327. The van der Waals surface area contributed by atoms with Crippen LogP contribution in [0.2, 0.25) is 0 Å². The highest BCUT2D eigenvalue weighted by atomic mass is 15.2. The van der Waals surface area contributed by atoms with Gasteiger partial charge in [-0.2, -0.15) is 0 Å². The van der Waals surface area contributed by atoms with Crippen LogP contribution in [-0.2, 0) is 6.54 Å². The summed E-state index contributed by atoms with van der Waals surface area (Å²) in [5.41, 5.74) is 8.17. The Morgan fingerprint density at radius 1 is 1.35 bits per heavy atom. The van der Waals surface area contributed by atoms with Gasteiger partial charge in [0.25, 0.3) is 0 Å². The third kappa shape index (κ3) is 3.23. The Balaban J connectivity index is 1.90. The van der Waals surface area contributed by atoms with Crippen LogP contribution in [0, 0.1) is 12.8 Å². The van der Waals surface area contributed by atoms with E-state index in [9.17, 15) is 0 Å². The number of likely N-dealkylation sites (tertiary alicyclic amines) is 1. The second kappa shape index (κ2) is 5.56. The van der Waals surface area contributed by atoms with Crippen molar-refractivity contribution in [2.75, 3.05) is 13.1 Å². The van der Waals surface area contributed by atoms with Crippen molar-refractivity contribution in [3.05, 3.63) is 23.8 Å². The number of aryl methyl sites for hydroxylation is 1. The Bertz CT molecular complexity index is 349. The molecule has 1 aromatic heterocycles. The molecule has 4 nitrogen and oxygen atoms in total. The highest BCUT2D eigenvalue weighted by Crippen LogP contribution is 2.21. The minimum Gasteiger partial charge on any atom is -0.326 e. The van der Waals surface area contributed by atoms with Gasteiger partial charge in [-0.15, -0.1) is 0 Å². The van der Waals surface area contributed by atoms with E-state index in [1.165, 1.54) is 12.8 Å². The van der Waals surface area contributed by atoms with Crippen LogP contribution in [0.5, 0.6) is 0 Å². The molecule has 0 aromatic carbocycles. The van der Waals surface area contributed by atoms with Gasteiger partial charge in [0.1, 0.15) is 0 Å². The van der Waals surface area contributed by atoms with Crippen LogP contribution in [0.4, 0.5) is 0 Å². The van der Waals surface area contributed by atoms with E-state index in [1.807, 2.05) is 19.3 Å². The number of nitrogens with zero attached hydrogens (tertiary/aromatic N) is 3. The van der Waals surface area contributed by atoms with Crippen molar-refractivity contribution in [1.82, 2.24) is 14.9 Å². The van der Waals surface area contributed by atoms with Crippen LogP contribution < -0.4 is 5.73 Å². The monoisotopic (exact) mass is 234 g/mol. The minimum atomic E-state index is 0.327. The van der Waals surface area contributed by atoms with Crippen LogP contribution in [0.25, 0.3) is 0 Å². The fourth-order valence-electron chi connectivity index (χ4n) is 2.52. The Labute approximate surface area is 103 Å². The predicted molar refractivity (Wildman–Crippen MR) is 68.4 cm³/mol. The van der Waals surface area contributed by atoms with Gasteiger partial charge in [-0.05, 0) is 19.3 Å². The lowest BCUT2D eigenvalue weighted by Gasteiger charge is -2.14. The molecule has 1 saturated heterocycles. The third-order valence-corrected chi connectivity index (χ3v) is 3.45. The van der Waals surface area contributed by atoms with E-state index < -0.39 is 0 Å². The van der Waals surface area contributed by atoms with Crippen LogP contribution in [0.1, 0.15) is 31.2 Å². The van der Waals surface area contributed by atoms with Crippen LogP contribution in [0.15, 0.2) is 12.4 Å². The molecule has 0 aliphatic carbocycles. The molecule has 1 fully saturated rings. The fourth-order valence-corrected chi connectivity index (χ4v) is 2.52. The molecule has 1 aliphatic heterocycles. The minimum absolute atomic E-state index is 0.327. The van der Waals surface area contributed by atoms with E-state index in [4.69, 9.17) is 5.73 Å². The average molecular weight is 234 g/mol. The maximum Gasteiger partial charge on any atom is 0.0727 e. The van der Waals surface area contributed by atoms with Crippen molar-refractivity contribution in [2.45, 2.75) is 39.3 Å². The topological polar surface area (TPSA) is 55.0 Å². The molecule has 0 radical (unpaired) electrons. The lowest BCUT2D eigenvalue weighted by molar-refractivity contribution is 0.308. The molecular weight excluding hydrogens is 212 g/mol. The first-order valence-electron chi connectivity index (χ1n) is 6.44. The summed E-state index contributed by atoms with van der Waals surface area (Å²) in [5.74, 6) is 0.651. The quantitative estimate of drug-likeness (QED) is 0.854. The summed E-state index contributed by atoms with van der Waals surface area (Å²) in [6.07, 6.45) is 6.15. The second-order valence-electron chi connectivity index (χ2n) is 5.06. The van der Waals surface area contributed by atoms with Gasteiger partial charge in [-0.1, -0.05) is 13.3 Å². The molecule has 0 amide bonds. The smallest absolute Gasteiger partial charge is 0.0727 e. The summed E-state index contributed by atoms with van der Waals surface area (Å²) >= 11 is 0. The van der Waals surface area contributed by atoms with Gasteiger partial charge in [0.05, 0.1) is 11.4 Å². The van der Waals surface area contributed by atoms with Crippen molar-refractivity contribution in [3.8, 4) is 0 Å². The van der Waals surface area contributed by atoms with E-state index in [0.717, 1.165) is 31.0 Å². The summed E-state index contributed by atoms with van der Waals surface area (Å²) < 4.78 is 0. The standard InChI is InChI=1S/C13H22N4/c1-3-4-11-7-17(9-13(11)14)8-12-6-15-10(2)5-16-12/h5-6,11,13H,3-4,7-9,14H2,1-2H3/t11-,13-/m0/s1. The van der Waals surface area contributed by atoms with Crippen molar-refractivity contribution in [2.24, 2.45) is 11.7 Å². The fraction of sp³-hybridized carbons (Fsp3) is 0.692. The van der Waals surface area contributed by atoms with Gasteiger partial charge in [0.15, 0.2) is 0 Å². The zero-order valence-corrected chi connectivity index (χ0v) is 10.8. The molecule has 2 N–H and O–H groups in total. The Kier molecular flexibility index (Phi) is 4.07. The SMILES string of the molecule is CCC[C@H]1CN(Cc2cnc(C)cn2)C[C@@H]1N. The molecule has 94 valence electrons. The van der Waals surface area contributed by atoms with E-state index in [-0.39, 0.29) is 0 Å². The molecule has 0 unspecified atom stereocenters. The number of aromatic nitrogens is 2. The van der Waals surface area contributed by atoms with E-state index in [0.29, 0.717) is 12.0 Å². The zero-order valence-electron chi connectivity index (χ0n) is 10.8. The molecule has 17 heavy (non-hydrogen) atoms. The van der Waals surface area contributed by atoms with Gasteiger partial charge in [-0.3, -0.25) is 14.9 Å². The largest absolute Gasteiger partial charge is 0.326 e. The summed E-state index contributed by atoms with van der Waals surface area (Å²) in [5, 5.41) is 0. The van der Waals surface area contributed by atoms with E-state index >= 15 is 0 Å². The molecule has 1 aliphatic rings. The number of hydrogen-bond acceptors (Lipinski definition) is 4. The van der Waals surface area contributed by atoms with Gasteiger partial charge in [0, 0.05) is 38.1 Å². The highest BCUT2D eigenvalue weighted by Gasteiger charge is 2.29. The molecule has 0 spiro atoms. The van der Waals surface area contributed by atoms with E-state index in [2.05, 4.69) is 21.8 Å².